The van der Waals surface area contributed by atoms with Crippen LogP contribution >= 0.6 is 0 Å². The minimum atomic E-state index is -4.14. The van der Waals surface area contributed by atoms with Crippen LogP contribution in [0.3, 0.4) is 0 Å². The zero-order valence-electron chi connectivity index (χ0n) is 15.2. The highest BCUT2D eigenvalue weighted by Crippen LogP contribution is 2.11. The fourth-order valence-corrected chi connectivity index (χ4v) is 2.88. The molecule has 10 heteroatoms. The second-order valence-electron chi connectivity index (χ2n) is 5.62. The van der Waals surface area contributed by atoms with Gasteiger partial charge in [-0.1, -0.05) is 17.7 Å². The van der Waals surface area contributed by atoms with Gasteiger partial charge >= 0.3 is 17.8 Å². The van der Waals surface area contributed by atoms with Crippen LogP contribution in [0.15, 0.2) is 53.4 Å². The van der Waals surface area contributed by atoms with Gasteiger partial charge in [0.25, 0.3) is 10.0 Å². The minimum absolute atomic E-state index is 0.183. The Morgan fingerprint density at radius 1 is 0.929 bits per heavy atom. The number of anilines is 1. The van der Waals surface area contributed by atoms with Crippen LogP contribution in [0.5, 0.6) is 0 Å². The van der Waals surface area contributed by atoms with Crippen LogP contribution in [0.2, 0.25) is 0 Å². The fraction of sp³-hybridized carbons (Fsp3) is 0.167. The third-order valence-corrected chi connectivity index (χ3v) is 4.75. The summed E-state index contributed by atoms with van der Waals surface area (Å²) in [7, 11) is -4.14. The van der Waals surface area contributed by atoms with Crippen LogP contribution in [0, 0.1) is 6.92 Å². The maximum absolute atomic E-state index is 12.2. The van der Waals surface area contributed by atoms with E-state index in [0.29, 0.717) is 5.69 Å². The summed E-state index contributed by atoms with van der Waals surface area (Å²) in [6.45, 7) is 3.71. The predicted molar refractivity (Wildman–Crippen MR) is 101 cm³/mol. The Morgan fingerprint density at radius 2 is 1.54 bits per heavy atom. The third kappa shape index (κ3) is 5.63. The van der Waals surface area contributed by atoms with Crippen LogP contribution in [0.4, 0.5) is 5.69 Å². The van der Waals surface area contributed by atoms with Gasteiger partial charge in [0.15, 0.2) is 0 Å². The van der Waals surface area contributed by atoms with E-state index < -0.39 is 27.8 Å². The lowest BCUT2D eigenvalue weighted by Crippen LogP contribution is -2.46. The van der Waals surface area contributed by atoms with E-state index in [0.717, 1.165) is 5.56 Å². The monoisotopic (exact) mass is 405 g/mol. The van der Waals surface area contributed by atoms with Crippen LogP contribution < -0.4 is 15.6 Å². The number of hydrazine groups is 1. The lowest BCUT2D eigenvalue weighted by molar-refractivity contribution is -0.136. The molecule has 0 fully saturated rings. The number of sulfonamides is 1. The molecule has 0 spiro atoms. The van der Waals surface area contributed by atoms with Crippen molar-refractivity contribution < 1.29 is 27.5 Å². The molecule has 9 nitrogen and oxygen atoms in total. The Kier molecular flexibility index (Phi) is 6.85. The smallest absolute Gasteiger partial charge is 0.338 e. The maximum atomic E-state index is 12.2. The van der Waals surface area contributed by atoms with Gasteiger partial charge in [-0.25, -0.2) is 13.2 Å². The van der Waals surface area contributed by atoms with E-state index in [1.165, 1.54) is 24.3 Å². The molecule has 148 valence electrons. The first kappa shape index (κ1) is 21.1. The molecule has 2 amide bonds. The molecule has 0 saturated carbocycles. The van der Waals surface area contributed by atoms with E-state index in [1.54, 1.807) is 31.2 Å². The lowest BCUT2D eigenvalue weighted by Gasteiger charge is -2.09. The van der Waals surface area contributed by atoms with Crippen molar-refractivity contribution >= 4 is 33.5 Å². The standard InChI is InChI=1S/C18H19N3O6S/c1-3-27-18(24)13-6-10-15(11-7-13)28(25,26)21-20-17(23)16(22)19-14-8-4-12(2)5-9-14/h4-11,21H,3H2,1-2H3,(H,19,22)(H,20,23). The van der Waals surface area contributed by atoms with Crippen LogP contribution in [-0.2, 0) is 24.3 Å². The van der Waals surface area contributed by atoms with E-state index in [2.05, 4.69) is 5.32 Å². The van der Waals surface area contributed by atoms with E-state index in [9.17, 15) is 22.8 Å². The second-order valence-corrected chi connectivity index (χ2v) is 7.31. The van der Waals surface area contributed by atoms with E-state index in [1.807, 2.05) is 17.2 Å². The van der Waals surface area contributed by atoms with Crippen LogP contribution in [-0.4, -0.2) is 32.8 Å². The van der Waals surface area contributed by atoms with Crippen molar-refractivity contribution in [2.24, 2.45) is 0 Å². The first-order chi connectivity index (χ1) is 13.2. The molecule has 0 aliphatic heterocycles. The molecule has 0 aliphatic carbocycles. The van der Waals surface area contributed by atoms with Crippen molar-refractivity contribution in [3.63, 3.8) is 0 Å². The molecule has 0 heterocycles. The summed E-state index contributed by atoms with van der Waals surface area (Å²) in [5.74, 6) is -2.81. The molecule has 2 rings (SSSR count). The van der Waals surface area contributed by atoms with E-state index in [4.69, 9.17) is 4.74 Å². The van der Waals surface area contributed by atoms with Gasteiger partial charge in [-0.05, 0) is 50.2 Å². The van der Waals surface area contributed by atoms with Gasteiger partial charge in [0.05, 0.1) is 17.1 Å². The Balaban J connectivity index is 1.96. The number of benzene rings is 2. The fourth-order valence-electron chi connectivity index (χ4n) is 2.04. The molecular formula is C18H19N3O6S. The van der Waals surface area contributed by atoms with Gasteiger partial charge in [0, 0.05) is 5.69 Å². The van der Waals surface area contributed by atoms with Crippen molar-refractivity contribution in [1.29, 1.82) is 0 Å². The molecule has 0 aromatic heterocycles. The zero-order chi connectivity index (χ0) is 20.7. The number of nitrogens with one attached hydrogen (secondary N) is 3. The van der Waals surface area contributed by atoms with Gasteiger partial charge in [-0.2, -0.15) is 0 Å². The summed E-state index contributed by atoms with van der Waals surface area (Å²) >= 11 is 0. The third-order valence-electron chi connectivity index (χ3n) is 3.49. The quantitative estimate of drug-likeness (QED) is 0.375. The Morgan fingerprint density at radius 3 is 2.11 bits per heavy atom. The highest BCUT2D eigenvalue weighted by molar-refractivity contribution is 7.89. The Hall–Kier alpha value is -3.24. The van der Waals surface area contributed by atoms with Gasteiger partial charge in [-0.15, -0.1) is 4.83 Å². The highest BCUT2D eigenvalue weighted by atomic mass is 32.2. The number of hydrogen-bond acceptors (Lipinski definition) is 6. The molecule has 0 atom stereocenters. The van der Waals surface area contributed by atoms with Gasteiger partial charge in [-0.3, -0.25) is 15.0 Å². The number of esters is 1. The average molecular weight is 405 g/mol. The van der Waals surface area contributed by atoms with E-state index in [-0.39, 0.29) is 17.1 Å². The van der Waals surface area contributed by atoms with Crippen molar-refractivity contribution in [3.8, 4) is 0 Å². The lowest BCUT2D eigenvalue weighted by atomic mass is 10.2. The molecule has 3 N–H and O–H groups in total. The average Bonchev–Trinajstić information content (AvgIpc) is 2.68. The summed E-state index contributed by atoms with van der Waals surface area (Å²) in [5.41, 5.74) is 3.38. The van der Waals surface area contributed by atoms with Crippen molar-refractivity contribution in [1.82, 2.24) is 10.3 Å². The molecular weight excluding hydrogens is 386 g/mol. The number of ether oxygens (including phenoxy) is 1. The topological polar surface area (TPSA) is 131 Å². The Labute approximate surface area is 162 Å². The SMILES string of the molecule is CCOC(=O)c1ccc(S(=O)(=O)NNC(=O)C(=O)Nc2ccc(C)cc2)cc1. The number of aryl methyl sites for hydroxylation is 1. The summed E-state index contributed by atoms with van der Waals surface area (Å²) in [5, 5.41) is 2.34. The molecule has 28 heavy (non-hydrogen) atoms. The first-order valence-corrected chi connectivity index (χ1v) is 9.68. The van der Waals surface area contributed by atoms with E-state index >= 15 is 0 Å². The number of rotatable bonds is 6. The number of carbonyl (C=O) groups excluding carboxylic acids is 3. The summed E-state index contributed by atoms with van der Waals surface area (Å²) in [4.78, 5) is 36.8. The number of amides is 2. The van der Waals surface area contributed by atoms with Crippen molar-refractivity contribution in [3.05, 3.63) is 59.7 Å². The largest absolute Gasteiger partial charge is 0.462 e. The zero-order valence-corrected chi connectivity index (χ0v) is 16.0. The molecule has 0 unspecified atom stereocenters. The molecule has 0 aliphatic rings. The highest BCUT2D eigenvalue weighted by Gasteiger charge is 2.19. The molecule has 2 aromatic rings. The van der Waals surface area contributed by atoms with Gasteiger partial charge in [0.2, 0.25) is 0 Å². The second kappa shape index (κ2) is 9.11. The number of carbonyl (C=O) groups is 3. The van der Waals surface area contributed by atoms with Crippen molar-refractivity contribution in [2.45, 2.75) is 18.7 Å². The molecule has 0 bridgehead atoms. The molecule has 2 aromatic carbocycles. The van der Waals surface area contributed by atoms with Crippen LogP contribution in [0.1, 0.15) is 22.8 Å². The summed E-state index contributed by atoms with van der Waals surface area (Å²) < 4.78 is 29.2. The normalized spacial score (nSPS) is 10.8. The Bertz CT molecular complexity index is 969. The summed E-state index contributed by atoms with van der Waals surface area (Å²) in [6.07, 6.45) is 0. The molecule has 0 saturated heterocycles. The van der Waals surface area contributed by atoms with Crippen LogP contribution in [0.25, 0.3) is 0 Å². The van der Waals surface area contributed by atoms with Crippen molar-refractivity contribution in [2.75, 3.05) is 11.9 Å². The first-order valence-electron chi connectivity index (χ1n) is 8.20. The minimum Gasteiger partial charge on any atom is -0.462 e. The predicted octanol–water partition coefficient (Wildman–Crippen LogP) is 1.12. The summed E-state index contributed by atoms with van der Waals surface area (Å²) in [6, 6.07) is 11.6. The van der Waals surface area contributed by atoms with Gasteiger partial charge in [0.1, 0.15) is 0 Å². The number of hydrogen-bond donors (Lipinski definition) is 3. The van der Waals surface area contributed by atoms with Gasteiger partial charge < -0.3 is 10.1 Å². The maximum Gasteiger partial charge on any atom is 0.338 e. The molecule has 0 radical (unpaired) electrons.